The fourth-order valence-electron chi connectivity index (χ4n) is 5.44. The number of pyridine rings is 1. The molecule has 0 aromatic carbocycles. The van der Waals surface area contributed by atoms with Crippen LogP contribution in [0.3, 0.4) is 0 Å². The largest absolute Gasteiger partial charge is 0.444 e. The molecule has 0 unspecified atom stereocenters. The number of carbonyl (C=O) groups is 1. The van der Waals surface area contributed by atoms with Crippen molar-refractivity contribution in [3.05, 3.63) is 18.0 Å². The van der Waals surface area contributed by atoms with E-state index in [0.29, 0.717) is 25.6 Å². The van der Waals surface area contributed by atoms with Crippen LogP contribution in [0.4, 0.5) is 10.5 Å². The van der Waals surface area contributed by atoms with Gasteiger partial charge in [0.2, 0.25) is 0 Å². The molecule has 1 N–H and O–H groups in total. The third-order valence-corrected chi connectivity index (χ3v) is 7.40. The lowest BCUT2D eigenvalue weighted by Gasteiger charge is -2.37. The highest BCUT2D eigenvalue weighted by atomic mass is 16.7. The van der Waals surface area contributed by atoms with Crippen molar-refractivity contribution in [3.63, 3.8) is 0 Å². The van der Waals surface area contributed by atoms with Crippen molar-refractivity contribution in [3.8, 4) is 0 Å². The summed E-state index contributed by atoms with van der Waals surface area (Å²) in [6.07, 6.45) is 12.0. The van der Waals surface area contributed by atoms with E-state index in [0.717, 1.165) is 47.4 Å². The molecule has 2 fully saturated rings. The van der Waals surface area contributed by atoms with Crippen LogP contribution in [0.25, 0.3) is 11.0 Å². The molecule has 1 saturated carbocycles. The van der Waals surface area contributed by atoms with Gasteiger partial charge in [-0.25, -0.2) is 14.5 Å². The van der Waals surface area contributed by atoms with Gasteiger partial charge in [-0.05, 0) is 40.5 Å². The number of hydrogen-bond acceptors (Lipinski definition) is 7. The van der Waals surface area contributed by atoms with Crippen LogP contribution in [0, 0.1) is 0 Å². The first-order valence-corrected chi connectivity index (χ1v) is 13.1. The van der Waals surface area contributed by atoms with Gasteiger partial charge in [-0.1, -0.05) is 24.4 Å². The van der Waals surface area contributed by atoms with Gasteiger partial charge in [0.25, 0.3) is 0 Å². The van der Waals surface area contributed by atoms with Crippen molar-refractivity contribution in [2.24, 2.45) is 5.16 Å². The first-order valence-electron chi connectivity index (χ1n) is 13.1. The topological polar surface area (TPSA) is 93.9 Å². The Morgan fingerprint density at radius 1 is 1.20 bits per heavy atom. The van der Waals surface area contributed by atoms with E-state index in [2.05, 4.69) is 22.5 Å². The predicted octanol–water partition coefficient (Wildman–Crippen LogP) is 5.09. The Kier molecular flexibility index (Phi) is 6.36. The van der Waals surface area contributed by atoms with Gasteiger partial charge >= 0.3 is 6.09 Å². The number of fused-ring (bicyclic) bond motifs is 1. The molecule has 2 aliphatic heterocycles. The SMILES string of the molecule is CCn1ncc2c(NC3CCCCC3)c(C3=NOC4(CCN(C(=O)OC(C)(C)C)CC4)C3)cnc21. The molecule has 1 amide bonds. The summed E-state index contributed by atoms with van der Waals surface area (Å²) < 4.78 is 7.49. The molecule has 4 heterocycles. The number of likely N-dealkylation sites (tertiary alicyclic amines) is 1. The lowest BCUT2D eigenvalue weighted by Crippen LogP contribution is -2.48. The summed E-state index contributed by atoms with van der Waals surface area (Å²) >= 11 is 0. The lowest BCUT2D eigenvalue weighted by atomic mass is 9.85. The zero-order valence-corrected chi connectivity index (χ0v) is 21.5. The molecule has 5 rings (SSSR count). The number of ether oxygens (including phenoxy) is 1. The normalized spacial score (nSPS) is 20.7. The van der Waals surface area contributed by atoms with Crippen molar-refractivity contribution < 1.29 is 14.4 Å². The Morgan fingerprint density at radius 3 is 2.63 bits per heavy atom. The molecule has 35 heavy (non-hydrogen) atoms. The molecule has 0 bridgehead atoms. The quantitative estimate of drug-likeness (QED) is 0.652. The van der Waals surface area contributed by atoms with Gasteiger partial charge in [-0.3, -0.25) is 0 Å². The summed E-state index contributed by atoms with van der Waals surface area (Å²) in [4.78, 5) is 25.1. The molecule has 0 radical (unpaired) electrons. The Bertz CT molecular complexity index is 1100. The molecule has 9 heteroatoms. The maximum absolute atomic E-state index is 12.5. The van der Waals surface area contributed by atoms with E-state index in [-0.39, 0.29) is 11.7 Å². The number of oxime groups is 1. The monoisotopic (exact) mass is 482 g/mol. The molecule has 2 aromatic rings. The van der Waals surface area contributed by atoms with Crippen LogP contribution >= 0.6 is 0 Å². The van der Waals surface area contributed by atoms with E-state index in [1.807, 2.05) is 37.8 Å². The van der Waals surface area contributed by atoms with Crippen LogP contribution in [-0.2, 0) is 16.1 Å². The number of piperidine rings is 1. The van der Waals surface area contributed by atoms with Crippen molar-refractivity contribution >= 4 is 28.5 Å². The zero-order chi connectivity index (χ0) is 24.6. The standard InChI is InChI=1S/C26H38N6O3/c1-5-32-23-20(17-28-32)22(29-18-9-7-6-8-10-18)19(16-27-23)21-15-26(35-30-21)11-13-31(14-12-26)24(33)34-25(2,3)4/h16-18H,5-15H2,1-4H3,(H,27,29). The number of hydrogen-bond donors (Lipinski definition) is 1. The number of aryl methyl sites for hydroxylation is 1. The van der Waals surface area contributed by atoms with Crippen LogP contribution < -0.4 is 5.32 Å². The maximum atomic E-state index is 12.5. The Morgan fingerprint density at radius 2 is 1.94 bits per heavy atom. The molecule has 190 valence electrons. The summed E-state index contributed by atoms with van der Waals surface area (Å²) in [5.74, 6) is 0. The fraction of sp³-hybridized carbons (Fsp3) is 0.692. The van der Waals surface area contributed by atoms with Gasteiger partial charge in [0.1, 0.15) is 11.2 Å². The predicted molar refractivity (Wildman–Crippen MR) is 136 cm³/mol. The van der Waals surface area contributed by atoms with Crippen LogP contribution in [-0.4, -0.2) is 61.8 Å². The van der Waals surface area contributed by atoms with Crippen LogP contribution in [0.15, 0.2) is 17.5 Å². The van der Waals surface area contributed by atoms with Gasteiger partial charge in [-0.15, -0.1) is 0 Å². The highest BCUT2D eigenvalue weighted by molar-refractivity contribution is 6.10. The number of nitrogens with one attached hydrogen (secondary N) is 1. The first-order chi connectivity index (χ1) is 16.8. The van der Waals surface area contributed by atoms with Crippen molar-refractivity contribution in [2.45, 2.75) is 103 Å². The number of nitrogens with zero attached hydrogens (tertiary/aromatic N) is 5. The molecular weight excluding hydrogens is 444 g/mol. The van der Waals surface area contributed by atoms with E-state index in [1.165, 1.54) is 32.1 Å². The minimum atomic E-state index is -0.495. The second-order valence-electron chi connectivity index (χ2n) is 11.2. The summed E-state index contributed by atoms with van der Waals surface area (Å²) in [6.45, 7) is 9.75. The van der Waals surface area contributed by atoms with E-state index in [4.69, 9.17) is 14.6 Å². The third-order valence-electron chi connectivity index (χ3n) is 7.40. The zero-order valence-electron chi connectivity index (χ0n) is 21.5. The number of aromatic nitrogens is 3. The van der Waals surface area contributed by atoms with E-state index >= 15 is 0 Å². The second kappa shape index (κ2) is 9.32. The molecule has 1 spiro atoms. The fourth-order valence-corrected chi connectivity index (χ4v) is 5.44. The van der Waals surface area contributed by atoms with Crippen LogP contribution in [0.5, 0.6) is 0 Å². The average Bonchev–Trinajstić information content (AvgIpc) is 3.44. The van der Waals surface area contributed by atoms with Crippen LogP contribution in [0.2, 0.25) is 0 Å². The highest BCUT2D eigenvalue weighted by Gasteiger charge is 2.44. The molecule has 2 aromatic heterocycles. The van der Waals surface area contributed by atoms with Crippen molar-refractivity contribution in [1.29, 1.82) is 0 Å². The highest BCUT2D eigenvalue weighted by Crippen LogP contribution is 2.39. The molecule has 1 aliphatic carbocycles. The first kappa shape index (κ1) is 23.9. The Balaban J connectivity index is 1.35. The van der Waals surface area contributed by atoms with Crippen LogP contribution in [0.1, 0.15) is 84.6 Å². The lowest BCUT2D eigenvalue weighted by molar-refractivity contribution is -0.0639. The molecule has 9 nitrogen and oxygen atoms in total. The summed E-state index contributed by atoms with van der Waals surface area (Å²) in [5.41, 5.74) is 3.03. The van der Waals surface area contributed by atoms with Gasteiger partial charge in [-0.2, -0.15) is 5.10 Å². The molecule has 3 aliphatic rings. The van der Waals surface area contributed by atoms with E-state index < -0.39 is 5.60 Å². The Labute approximate surface area is 207 Å². The number of anilines is 1. The number of rotatable bonds is 4. The van der Waals surface area contributed by atoms with E-state index in [1.54, 1.807) is 4.90 Å². The number of carbonyl (C=O) groups excluding carboxylic acids is 1. The average molecular weight is 483 g/mol. The Hall–Kier alpha value is -2.84. The van der Waals surface area contributed by atoms with Gasteiger partial charge < -0.3 is 19.8 Å². The van der Waals surface area contributed by atoms with Gasteiger partial charge in [0.05, 0.1) is 23.0 Å². The smallest absolute Gasteiger partial charge is 0.410 e. The summed E-state index contributed by atoms with van der Waals surface area (Å²) in [6, 6.07) is 0.451. The van der Waals surface area contributed by atoms with Crippen molar-refractivity contribution in [2.75, 3.05) is 18.4 Å². The summed E-state index contributed by atoms with van der Waals surface area (Å²) in [5, 5.41) is 14.0. The second-order valence-corrected chi connectivity index (χ2v) is 11.2. The van der Waals surface area contributed by atoms with Gasteiger partial charge in [0.15, 0.2) is 5.65 Å². The number of amides is 1. The molecular formula is C26H38N6O3. The molecule has 1 saturated heterocycles. The summed E-state index contributed by atoms with van der Waals surface area (Å²) in [7, 11) is 0. The maximum Gasteiger partial charge on any atom is 0.410 e. The van der Waals surface area contributed by atoms with Gasteiger partial charge in [0, 0.05) is 56.7 Å². The molecule has 0 atom stereocenters. The minimum absolute atomic E-state index is 0.256. The minimum Gasteiger partial charge on any atom is -0.444 e. The van der Waals surface area contributed by atoms with Crippen molar-refractivity contribution in [1.82, 2.24) is 19.7 Å². The third kappa shape index (κ3) is 4.95. The van der Waals surface area contributed by atoms with E-state index in [9.17, 15) is 4.79 Å².